The average Bonchev–Trinajstić information content (AvgIpc) is 2.96. The minimum Gasteiger partial charge on any atom is -0.480 e. The Balaban J connectivity index is 2.03. The predicted octanol–water partition coefficient (Wildman–Crippen LogP) is 2.69. The van der Waals surface area contributed by atoms with Gasteiger partial charge >= 0.3 is 12.6 Å². The van der Waals surface area contributed by atoms with Gasteiger partial charge in [0.2, 0.25) is 5.91 Å². The third kappa shape index (κ3) is 3.75. The lowest BCUT2D eigenvalue weighted by Crippen LogP contribution is -2.44. The maximum absolute atomic E-state index is 13.8. The second kappa shape index (κ2) is 6.89. The summed E-state index contributed by atoms with van der Waals surface area (Å²) in [5, 5.41) is 11.7. The quantitative estimate of drug-likeness (QED) is 0.786. The zero-order chi connectivity index (χ0) is 17.0. The number of benzene rings is 1. The molecular formula is C15H16F3NO4. The van der Waals surface area contributed by atoms with Crippen molar-refractivity contribution in [2.24, 2.45) is 5.41 Å². The minimum atomic E-state index is -3.06. The molecule has 0 radical (unpaired) electrons. The number of hydrogen-bond acceptors (Lipinski definition) is 3. The van der Waals surface area contributed by atoms with Crippen molar-refractivity contribution in [3.8, 4) is 5.75 Å². The molecule has 2 N–H and O–H groups in total. The Morgan fingerprint density at radius 3 is 2.48 bits per heavy atom. The molecule has 8 heteroatoms. The normalized spacial score (nSPS) is 16.3. The minimum absolute atomic E-state index is 0.0542. The van der Waals surface area contributed by atoms with Crippen molar-refractivity contribution in [2.75, 3.05) is 0 Å². The highest BCUT2D eigenvalue weighted by molar-refractivity contribution is 6.02. The Morgan fingerprint density at radius 1 is 1.30 bits per heavy atom. The molecule has 1 amide bonds. The summed E-state index contributed by atoms with van der Waals surface area (Å²) in [5.74, 6) is -2.99. The van der Waals surface area contributed by atoms with E-state index in [2.05, 4.69) is 10.1 Å². The fourth-order valence-electron chi connectivity index (χ4n) is 2.71. The molecule has 1 saturated carbocycles. The lowest BCUT2D eigenvalue weighted by Gasteiger charge is -2.22. The maximum atomic E-state index is 13.8. The van der Waals surface area contributed by atoms with Gasteiger partial charge in [-0.25, -0.2) is 4.39 Å². The van der Waals surface area contributed by atoms with Gasteiger partial charge in [-0.2, -0.15) is 8.78 Å². The molecule has 23 heavy (non-hydrogen) atoms. The fourth-order valence-corrected chi connectivity index (χ4v) is 2.71. The smallest absolute Gasteiger partial charge is 0.387 e. The number of alkyl halides is 2. The van der Waals surface area contributed by atoms with Crippen molar-refractivity contribution in [3.63, 3.8) is 0 Å². The van der Waals surface area contributed by atoms with Crippen LogP contribution in [0, 0.1) is 11.2 Å². The van der Waals surface area contributed by atoms with Crippen LogP contribution >= 0.6 is 0 Å². The van der Waals surface area contributed by atoms with Gasteiger partial charge in [0.1, 0.15) is 17.0 Å². The van der Waals surface area contributed by atoms with Gasteiger partial charge in [0.25, 0.3) is 0 Å². The SMILES string of the molecule is O=C(O)C1(C(=O)NCc2ccc(OC(F)F)cc2F)CCCC1. The zero-order valence-corrected chi connectivity index (χ0v) is 12.2. The first-order chi connectivity index (χ1) is 10.8. The number of carboxylic acids is 1. The lowest BCUT2D eigenvalue weighted by molar-refractivity contribution is -0.155. The van der Waals surface area contributed by atoms with Crippen molar-refractivity contribution in [2.45, 2.75) is 38.8 Å². The van der Waals surface area contributed by atoms with Gasteiger partial charge in [-0.1, -0.05) is 18.9 Å². The van der Waals surface area contributed by atoms with Gasteiger partial charge in [-0.3, -0.25) is 9.59 Å². The van der Waals surface area contributed by atoms with E-state index in [1.807, 2.05) is 0 Å². The summed E-state index contributed by atoms with van der Waals surface area (Å²) < 4.78 is 41.9. The van der Waals surface area contributed by atoms with Crippen molar-refractivity contribution >= 4 is 11.9 Å². The summed E-state index contributed by atoms with van der Waals surface area (Å²) in [5.41, 5.74) is -1.41. The van der Waals surface area contributed by atoms with E-state index < -0.39 is 29.7 Å². The summed E-state index contributed by atoms with van der Waals surface area (Å²) >= 11 is 0. The molecule has 1 aliphatic carbocycles. The van der Waals surface area contributed by atoms with Crippen LogP contribution in [0.1, 0.15) is 31.2 Å². The predicted molar refractivity (Wildman–Crippen MR) is 73.4 cm³/mol. The zero-order valence-electron chi connectivity index (χ0n) is 12.2. The summed E-state index contributed by atoms with van der Waals surface area (Å²) in [6.45, 7) is -3.29. The summed E-state index contributed by atoms with van der Waals surface area (Å²) in [6.07, 6.45) is 1.79. The van der Waals surface area contributed by atoms with Crippen LogP contribution in [-0.2, 0) is 16.1 Å². The van der Waals surface area contributed by atoms with E-state index in [0.29, 0.717) is 12.8 Å². The largest absolute Gasteiger partial charge is 0.480 e. The molecule has 0 atom stereocenters. The van der Waals surface area contributed by atoms with E-state index in [9.17, 15) is 27.9 Å². The first kappa shape index (κ1) is 17.1. The first-order valence-electron chi connectivity index (χ1n) is 7.10. The second-order valence-electron chi connectivity index (χ2n) is 5.41. The second-order valence-corrected chi connectivity index (χ2v) is 5.41. The highest BCUT2D eigenvalue weighted by atomic mass is 19.3. The highest BCUT2D eigenvalue weighted by Gasteiger charge is 2.48. The van der Waals surface area contributed by atoms with Crippen LogP contribution in [0.15, 0.2) is 18.2 Å². The first-order valence-corrected chi connectivity index (χ1v) is 7.10. The summed E-state index contributed by atoms with van der Waals surface area (Å²) in [6, 6.07) is 3.14. The Morgan fingerprint density at radius 2 is 1.96 bits per heavy atom. The molecule has 0 aliphatic heterocycles. The third-order valence-electron chi connectivity index (χ3n) is 3.99. The van der Waals surface area contributed by atoms with Gasteiger partial charge in [-0.05, 0) is 18.9 Å². The van der Waals surface area contributed by atoms with E-state index in [1.54, 1.807) is 0 Å². The fraction of sp³-hybridized carbons (Fsp3) is 0.467. The average molecular weight is 331 g/mol. The monoisotopic (exact) mass is 331 g/mol. The molecule has 0 aromatic heterocycles. The topological polar surface area (TPSA) is 75.6 Å². The van der Waals surface area contributed by atoms with Gasteiger partial charge in [-0.15, -0.1) is 0 Å². The number of amides is 1. The Kier molecular flexibility index (Phi) is 5.12. The summed E-state index contributed by atoms with van der Waals surface area (Å²) in [4.78, 5) is 23.5. The number of carbonyl (C=O) groups is 2. The van der Waals surface area contributed by atoms with Crippen molar-refractivity contribution in [1.82, 2.24) is 5.32 Å². The Bertz CT molecular complexity index is 600. The molecule has 0 bridgehead atoms. The van der Waals surface area contributed by atoms with Crippen LogP contribution in [0.25, 0.3) is 0 Å². The molecule has 1 aliphatic rings. The van der Waals surface area contributed by atoms with Crippen LogP contribution in [0.2, 0.25) is 0 Å². The van der Waals surface area contributed by atoms with Gasteiger partial charge in [0, 0.05) is 18.2 Å². The molecule has 0 saturated heterocycles. The lowest BCUT2D eigenvalue weighted by atomic mass is 9.85. The van der Waals surface area contributed by atoms with E-state index in [0.717, 1.165) is 12.1 Å². The van der Waals surface area contributed by atoms with E-state index in [4.69, 9.17) is 0 Å². The maximum Gasteiger partial charge on any atom is 0.387 e. The molecule has 0 unspecified atom stereocenters. The van der Waals surface area contributed by atoms with Crippen molar-refractivity contribution in [3.05, 3.63) is 29.6 Å². The Labute approximate surface area is 130 Å². The number of rotatable bonds is 6. The summed E-state index contributed by atoms with van der Waals surface area (Å²) in [7, 11) is 0. The van der Waals surface area contributed by atoms with Crippen molar-refractivity contribution in [1.29, 1.82) is 0 Å². The van der Waals surface area contributed by atoms with Crippen LogP contribution in [-0.4, -0.2) is 23.6 Å². The molecule has 5 nitrogen and oxygen atoms in total. The number of carbonyl (C=O) groups excluding carboxylic acids is 1. The third-order valence-corrected chi connectivity index (χ3v) is 3.99. The number of hydrogen-bond donors (Lipinski definition) is 2. The van der Waals surface area contributed by atoms with Crippen LogP contribution in [0.3, 0.4) is 0 Å². The van der Waals surface area contributed by atoms with Gasteiger partial charge in [0.05, 0.1) is 0 Å². The van der Waals surface area contributed by atoms with Crippen LogP contribution in [0.5, 0.6) is 5.75 Å². The number of carboxylic acid groups (broad SMARTS) is 1. The number of ether oxygens (including phenoxy) is 1. The van der Waals surface area contributed by atoms with E-state index in [-0.39, 0.29) is 30.7 Å². The van der Waals surface area contributed by atoms with E-state index >= 15 is 0 Å². The molecule has 126 valence electrons. The van der Waals surface area contributed by atoms with Crippen LogP contribution < -0.4 is 10.1 Å². The van der Waals surface area contributed by atoms with E-state index in [1.165, 1.54) is 6.07 Å². The molecule has 1 aromatic carbocycles. The van der Waals surface area contributed by atoms with Crippen molar-refractivity contribution < 1.29 is 32.6 Å². The highest BCUT2D eigenvalue weighted by Crippen LogP contribution is 2.38. The number of nitrogens with one attached hydrogen (secondary N) is 1. The number of halogens is 3. The molecule has 0 spiro atoms. The molecular weight excluding hydrogens is 315 g/mol. The van der Waals surface area contributed by atoms with Gasteiger partial charge in [0.15, 0.2) is 0 Å². The molecule has 1 fully saturated rings. The van der Waals surface area contributed by atoms with Crippen LogP contribution in [0.4, 0.5) is 13.2 Å². The molecule has 2 rings (SSSR count). The number of aliphatic carboxylic acids is 1. The molecule has 0 heterocycles. The molecule has 1 aromatic rings. The van der Waals surface area contributed by atoms with Gasteiger partial charge < -0.3 is 15.2 Å². The Hall–Kier alpha value is -2.25. The standard InChI is InChI=1S/C15H16F3NO4/c16-11-7-10(23-14(17)18)4-3-9(11)8-19-12(20)15(13(21)22)5-1-2-6-15/h3-4,7,14H,1-2,5-6,8H2,(H,19,20)(H,21,22).